The van der Waals surface area contributed by atoms with Crippen molar-refractivity contribution in [2.75, 3.05) is 26.7 Å². The van der Waals surface area contributed by atoms with Crippen molar-refractivity contribution < 1.29 is 9.22 Å². The second-order valence-corrected chi connectivity index (χ2v) is 5.72. The van der Waals surface area contributed by atoms with E-state index in [0.717, 1.165) is 13.1 Å². The molecule has 1 aliphatic heterocycles. The van der Waals surface area contributed by atoms with Gasteiger partial charge in [-0.2, -0.15) is 0 Å². The third kappa shape index (κ3) is 3.56. The molecule has 0 spiro atoms. The van der Waals surface area contributed by atoms with Gasteiger partial charge in [-0.1, -0.05) is 30.3 Å². The molecule has 100 valence electrons. The molecule has 1 fully saturated rings. The second kappa shape index (κ2) is 6.35. The maximum atomic E-state index is 5.50. The Morgan fingerprint density at radius 3 is 2.39 bits per heavy atom. The van der Waals surface area contributed by atoms with Crippen LogP contribution in [0.4, 0.5) is 0 Å². The molecule has 1 unspecified atom stereocenters. The van der Waals surface area contributed by atoms with E-state index >= 15 is 0 Å². The van der Waals surface area contributed by atoms with E-state index in [-0.39, 0.29) is 0 Å². The Kier molecular flexibility index (Phi) is 4.79. The largest absolute Gasteiger partial charge is 0.376 e. The summed E-state index contributed by atoms with van der Waals surface area (Å²) in [6.07, 6.45) is 4.48. The minimum Gasteiger partial charge on any atom is -0.376 e. The summed E-state index contributed by atoms with van der Waals surface area (Å²) in [5.41, 5.74) is 1.46. The summed E-state index contributed by atoms with van der Waals surface area (Å²) in [7, 11) is 1.83. The maximum Gasteiger partial charge on any atom is 0.105 e. The van der Waals surface area contributed by atoms with Crippen LogP contribution in [0.5, 0.6) is 0 Å². The van der Waals surface area contributed by atoms with Gasteiger partial charge in [0.15, 0.2) is 0 Å². The summed E-state index contributed by atoms with van der Waals surface area (Å²) >= 11 is 0. The number of nitrogens with zero attached hydrogens (tertiary/aromatic N) is 1. The summed E-state index contributed by atoms with van der Waals surface area (Å²) in [4.78, 5) is 0. The van der Waals surface area contributed by atoms with Crippen LogP contribution < -0.4 is 0 Å². The van der Waals surface area contributed by atoms with Crippen molar-refractivity contribution in [1.29, 1.82) is 0 Å². The Hall–Kier alpha value is -0.860. The zero-order chi connectivity index (χ0) is 12.8. The fourth-order valence-electron chi connectivity index (χ4n) is 3.18. The number of hydrogen-bond acceptors (Lipinski definition) is 1. The van der Waals surface area contributed by atoms with Crippen LogP contribution in [-0.4, -0.2) is 37.3 Å². The van der Waals surface area contributed by atoms with E-state index in [1.807, 2.05) is 7.11 Å². The fraction of sp³-hybridized carbons (Fsp3) is 0.625. The first kappa shape index (κ1) is 13.6. The van der Waals surface area contributed by atoms with Crippen molar-refractivity contribution in [1.82, 2.24) is 0 Å². The molecule has 1 saturated heterocycles. The number of ether oxygens (including phenoxy) is 1. The molecule has 0 saturated carbocycles. The number of benzene rings is 1. The van der Waals surface area contributed by atoms with Gasteiger partial charge in [-0.05, 0) is 26.2 Å². The molecule has 1 aromatic carbocycles. The standard InChI is InChI=1S/C16H26NO/c1-15(18-2)13-17(11-7-4-8-12-17)14-16-9-5-3-6-10-16/h3,5-6,9-10,15H,4,7-8,11-14H2,1-2H3/q+1. The Balaban J connectivity index is 2.09. The zero-order valence-corrected chi connectivity index (χ0v) is 11.8. The van der Waals surface area contributed by atoms with Crippen LogP contribution >= 0.6 is 0 Å². The highest BCUT2D eigenvalue weighted by Gasteiger charge is 2.31. The quantitative estimate of drug-likeness (QED) is 0.727. The lowest BCUT2D eigenvalue weighted by atomic mass is 10.0. The van der Waals surface area contributed by atoms with E-state index in [1.165, 1.54) is 42.4 Å². The van der Waals surface area contributed by atoms with Crippen LogP contribution in [0.15, 0.2) is 30.3 Å². The molecule has 0 N–H and O–H groups in total. The number of piperidine rings is 1. The molecule has 2 heteroatoms. The maximum absolute atomic E-state index is 5.50. The van der Waals surface area contributed by atoms with Crippen LogP contribution in [0, 0.1) is 0 Å². The van der Waals surface area contributed by atoms with Gasteiger partial charge in [-0.25, -0.2) is 0 Å². The first-order valence-corrected chi connectivity index (χ1v) is 7.16. The summed E-state index contributed by atoms with van der Waals surface area (Å²) in [6, 6.07) is 10.9. The highest BCUT2D eigenvalue weighted by atomic mass is 16.5. The highest BCUT2D eigenvalue weighted by Crippen LogP contribution is 2.23. The average Bonchev–Trinajstić information content (AvgIpc) is 2.40. The molecular weight excluding hydrogens is 222 g/mol. The van der Waals surface area contributed by atoms with Gasteiger partial charge in [0.05, 0.1) is 13.1 Å². The van der Waals surface area contributed by atoms with E-state index in [0.29, 0.717) is 6.10 Å². The average molecular weight is 248 g/mol. The van der Waals surface area contributed by atoms with Gasteiger partial charge < -0.3 is 9.22 Å². The Morgan fingerprint density at radius 2 is 1.78 bits per heavy atom. The topological polar surface area (TPSA) is 9.23 Å². The van der Waals surface area contributed by atoms with Crippen LogP contribution in [0.2, 0.25) is 0 Å². The molecule has 0 bridgehead atoms. The molecule has 1 aromatic rings. The van der Waals surface area contributed by atoms with Gasteiger partial charge in [0.1, 0.15) is 19.2 Å². The molecule has 2 rings (SSSR count). The van der Waals surface area contributed by atoms with Crippen molar-refractivity contribution in [3.8, 4) is 0 Å². The van der Waals surface area contributed by atoms with E-state index < -0.39 is 0 Å². The Labute approximate surface area is 111 Å². The van der Waals surface area contributed by atoms with Crippen molar-refractivity contribution in [3.63, 3.8) is 0 Å². The predicted molar refractivity (Wildman–Crippen MR) is 75.3 cm³/mol. The van der Waals surface area contributed by atoms with E-state index in [2.05, 4.69) is 37.3 Å². The van der Waals surface area contributed by atoms with Crippen LogP contribution in [0.3, 0.4) is 0 Å². The van der Waals surface area contributed by atoms with Gasteiger partial charge in [0.2, 0.25) is 0 Å². The van der Waals surface area contributed by atoms with Gasteiger partial charge >= 0.3 is 0 Å². The fourth-order valence-corrected chi connectivity index (χ4v) is 3.18. The smallest absolute Gasteiger partial charge is 0.105 e. The van der Waals surface area contributed by atoms with Gasteiger partial charge in [-0.15, -0.1) is 0 Å². The predicted octanol–water partition coefficient (Wildman–Crippen LogP) is 3.22. The van der Waals surface area contributed by atoms with Gasteiger partial charge in [0, 0.05) is 12.7 Å². The lowest BCUT2D eigenvalue weighted by Gasteiger charge is -2.43. The van der Waals surface area contributed by atoms with Crippen molar-refractivity contribution in [2.24, 2.45) is 0 Å². The van der Waals surface area contributed by atoms with Crippen molar-refractivity contribution >= 4 is 0 Å². The molecule has 0 aliphatic carbocycles. The first-order valence-electron chi connectivity index (χ1n) is 7.16. The molecule has 0 aromatic heterocycles. The molecule has 2 nitrogen and oxygen atoms in total. The normalized spacial score (nSPS) is 20.6. The zero-order valence-electron chi connectivity index (χ0n) is 11.8. The third-order valence-corrected chi connectivity index (χ3v) is 4.17. The minimum atomic E-state index is 0.354. The first-order chi connectivity index (χ1) is 8.74. The highest BCUT2D eigenvalue weighted by molar-refractivity contribution is 5.13. The summed E-state index contributed by atoms with van der Waals surface area (Å²) in [5.74, 6) is 0. The second-order valence-electron chi connectivity index (χ2n) is 5.72. The molecular formula is C16H26NO+. The Morgan fingerprint density at radius 1 is 1.11 bits per heavy atom. The molecule has 1 aliphatic rings. The number of rotatable bonds is 5. The minimum absolute atomic E-state index is 0.354. The molecule has 1 heterocycles. The van der Waals surface area contributed by atoms with E-state index in [9.17, 15) is 0 Å². The lowest BCUT2D eigenvalue weighted by molar-refractivity contribution is -0.947. The molecule has 0 amide bonds. The number of methoxy groups -OCH3 is 1. The number of quaternary nitrogens is 1. The van der Waals surface area contributed by atoms with Crippen molar-refractivity contribution in [3.05, 3.63) is 35.9 Å². The number of hydrogen-bond donors (Lipinski definition) is 0. The van der Waals surface area contributed by atoms with Crippen LogP contribution in [0.1, 0.15) is 31.7 Å². The van der Waals surface area contributed by atoms with Crippen LogP contribution in [0.25, 0.3) is 0 Å². The van der Waals surface area contributed by atoms with Gasteiger partial charge in [0.25, 0.3) is 0 Å². The van der Waals surface area contributed by atoms with E-state index in [4.69, 9.17) is 4.74 Å². The molecule has 18 heavy (non-hydrogen) atoms. The lowest BCUT2D eigenvalue weighted by Crippen LogP contribution is -2.54. The summed E-state index contributed by atoms with van der Waals surface area (Å²) in [6.45, 7) is 7.12. The summed E-state index contributed by atoms with van der Waals surface area (Å²) < 4.78 is 6.71. The third-order valence-electron chi connectivity index (χ3n) is 4.17. The van der Waals surface area contributed by atoms with Gasteiger partial charge in [-0.3, -0.25) is 0 Å². The monoisotopic (exact) mass is 248 g/mol. The SMILES string of the molecule is COC(C)C[N+]1(Cc2ccccc2)CCCCC1. The van der Waals surface area contributed by atoms with Crippen molar-refractivity contribution in [2.45, 2.75) is 38.8 Å². The van der Waals surface area contributed by atoms with Crippen LogP contribution in [-0.2, 0) is 11.3 Å². The number of likely N-dealkylation sites (tertiary alicyclic amines) is 1. The Bertz CT molecular complexity index is 343. The molecule has 0 radical (unpaired) electrons. The molecule has 1 atom stereocenters. The van der Waals surface area contributed by atoms with E-state index in [1.54, 1.807) is 0 Å². The summed E-state index contributed by atoms with van der Waals surface area (Å²) in [5, 5.41) is 0.